The average Bonchev–Trinajstić information content (AvgIpc) is 3.56. The van der Waals surface area contributed by atoms with Crippen molar-refractivity contribution in [3.63, 3.8) is 0 Å². The van der Waals surface area contributed by atoms with Crippen LogP contribution in [0.5, 0.6) is 5.75 Å². The smallest absolute Gasteiger partial charge is 0.431 e. The van der Waals surface area contributed by atoms with Crippen molar-refractivity contribution in [1.82, 2.24) is 44.2 Å². The fraction of sp³-hybridized carbons (Fsp3) is 0.438. The van der Waals surface area contributed by atoms with E-state index < -0.39 is 41.5 Å². The van der Waals surface area contributed by atoms with Gasteiger partial charge in [-0.2, -0.15) is 22.7 Å². The van der Waals surface area contributed by atoms with Crippen LogP contribution >= 0.6 is 0 Å². The maximum absolute atomic E-state index is 14.1. The van der Waals surface area contributed by atoms with Crippen LogP contribution in [-0.4, -0.2) is 122 Å². The number of piperazine rings is 1. The summed E-state index contributed by atoms with van der Waals surface area (Å²) in [5, 5.41) is 17.2. The van der Waals surface area contributed by atoms with Gasteiger partial charge in [0.25, 0.3) is 11.5 Å². The quantitative estimate of drug-likeness (QED) is 0.175. The third kappa shape index (κ3) is 7.77. The zero-order valence-corrected chi connectivity index (χ0v) is 28.4. The van der Waals surface area contributed by atoms with Crippen molar-refractivity contribution < 1.29 is 37.4 Å². The molecule has 0 aliphatic carbocycles. The average molecular weight is 715 g/mol. The third-order valence-corrected chi connectivity index (χ3v) is 8.41. The molecule has 0 unspecified atom stereocenters. The van der Waals surface area contributed by atoms with Crippen LogP contribution < -0.4 is 15.8 Å². The number of carbonyl (C=O) groups is 3. The first-order valence-corrected chi connectivity index (χ1v) is 16.0. The van der Waals surface area contributed by atoms with E-state index in [1.807, 2.05) is 0 Å². The zero-order valence-electron chi connectivity index (χ0n) is 28.4. The second kappa shape index (κ2) is 15.1. The maximum Gasteiger partial charge on any atom is 0.431 e. The molecule has 0 radical (unpaired) electrons. The van der Waals surface area contributed by atoms with Crippen LogP contribution in [0.2, 0.25) is 0 Å². The number of halogens is 3. The number of aldehydes is 1. The lowest BCUT2D eigenvalue weighted by Gasteiger charge is -2.36. The second-order valence-electron chi connectivity index (χ2n) is 11.9. The van der Waals surface area contributed by atoms with Gasteiger partial charge in [0.05, 0.1) is 30.3 Å². The van der Waals surface area contributed by atoms with Crippen LogP contribution in [0.3, 0.4) is 0 Å². The largest absolute Gasteiger partial charge is 0.504 e. The molecule has 2 aliphatic heterocycles. The maximum atomic E-state index is 14.1. The number of aryl methyl sites for hydroxylation is 1. The molecule has 3 aromatic rings. The van der Waals surface area contributed by atoms with Crippen molar-refractivity contribution in [3.05, 3.63) is 69.2 Å². The van der Waals surface area contributed by atoms with Gasteiger partial charge >= 0.3 is 6.18 Å². The number of hydrogen-bond acceptors (Lipinski definition) is 12. The van der Waals surface area contributed by atoms with Crippen LogP contribution in [0.25, 0.3) is 11.4 Å². The van der Waals surface area contributed by atoms with Crippen molar-refractivity contribution in [2.45, 2.75) is 39.4 Å². The van der Waals surface area contributed by atoms with Crippen LogP contribution in [0, 0.1) is 6.92 Å². The highest BCUT2D eigenvalue weighted by Crippen LogP contribution is 2.27. The summed E-state index contributed by atoms with van der Waals surface area (Å²) in [6.45, 7) is 4.37. The summed E-state index contributed by atoms with van der Waals surface area (Å²) in [6.07, 6.45) is 0.789. The summed E-state index contributed by atoms with van der Waals surface area (Å²) in [7, 11) is 2.39. The van der Waals surface area contributed by atoms with Gasteiger partial charge in [-0.25, -0.2) is 9.97 Å². The Labute approximate surface area is 289 Å². The van der Waals surface area contributed by atoms with Crippen molar-refractivity contribution in [1.29, 1.82) is 0 Å². The number of hydrogen-bond donors (Lipinski definition) is 2. The number of rotatable bonds is 10. The highest BCUT2D eigenvalue weighted by atomic mass is 19.4. The predicted octanol–water partition coefficient (Wildman–Crippen LogP) is 1.23. The number of nitrogens with one attached hydrogen (secondary N) is 1. The number of alkyl halides is 3. The topological polar surface area (TPSA) is 180 Å². The van der Waals surface area contributed by atoms with E-state index in [0.717, 1.165) is 21.1 Å². The number of anilines is 1. The minimum atomic E-state index is -4.70. The number of aromatic nitrogens is 6. The minimum Gasteiger partial charge on any atom is -0.504 e. The monoisotopic (exact) mass is 714 g/mol. The third-order valence-electron chi connectivity index (χ3n) is 8.41. The first-order chi connectivity index (χ1) is 24.2. The first kappa shape index (κ1) is 36.7. The van der Waals surface area contributed by atoms with Gasteiger partial charge in [0, 0.05) is 40.3 Å². The number of nitrogens with zero attached hydrogens (tertiary/aromatic N) is 9. The second-order valence-corrected chi connectivity index (χ2v) is 11.9. The lowest BCUT2D eigenvalue weighted by molar-refractivity contribution is -0.121. The molecule has 0 aromatic carbocycles. The van der Waals surface area contributed by atoms with E-state index in [0.29, 0.717) is 31.4 Å². The highest BCUT2D eigenvalue weighted by Gasteiger charge is 2.35. The molecule has 0 saturated carbocycles. The lowest BCUT2D eigenvalue weighted by Crippen LogP contribution is -2.51. The van der Waals surface area contributed by atoms with E-state index in [4.69, 9.17) is 4.74 Å². The summed E-state index contributed by atoms with van der Waals surface area (Å²) in [6, 6.07) is 0. The number of ether oxygens (including phenoxy) is 1. The lowest BCUT2D eigenvalue weighted by atomic mass is 10.1. The molecule has 1 fully saturated rings. The fourth-order valence-corrected chi connectivity index (χ4v) is 5.82. The molecule has 0 spiro atoms. The predicted molar refractivity (Wildman–Crippen MR) is 177 cm³/mol. The summed E-state index contributed by atoms with van der Waals surface area (Å²) in [5.74, 6) is -1.26. The molecule has 2 N–H and O–H groups in total. The van der Waals surface area contributed by atoms with Gasteiger partial charge in [0.15, 0.2) is 23.6 Å². The van der Waals surface area contributed by atoms with Gasteiger partial charge in [0.2, 0.25) is 11.7 Å². The molecular formula is C32H37F3N10O6. The molecular weight excluding hydrogens is 677 g/mol. The Morgan fingerprint density at radius 2 is 1.86 bits per heavy atom. The molecule has 272 valence electrons. The van der Waals surface area contributed by atoms with Crippen molar-refractivity contribution in [3.8, 4) is 5.75 Å². The van der Waals surface area contributed by atoms with Crippen LogP contribution in [0.15, 0.2) is 40.7 Å². The van der Waals surface area contributed by atoms with Gasteiger partial charge in [-0.3, -0.25) is 19.2 Å². The molecule has 3 aromatic heterocycles. The SMILES string of the molecule is CCc1c(N2CCN(C(=O)c3ncnc(C)c3O)CC2)c(=O)n2nc(C3=CCOCC3)nc2n1CC(=O)N/C(C=O)=C/C=C(\N(C)C)C(F)(F)F. The highest BCUT2D eigenvalue weighted by molar-refractivity contribution is 5.95. The van der Waals surface area contributed by atoms with Crippen molar-refractivity contribution >= 4 is 35.1 Å². The Morgan fingerprint density at radius 1 is 1.14 bits per heavy atom. The van der Waals surface area contributed by atoms with E-state index in [-0.39, 0.29) is 73.3 Å². The van der Waals surface area contributed by atoms with Crippen molar-refractivity contribution in [2.75, 3.05) is 58.4 Å². The van der Waals surface area contributed by atoms with E-state index in [2.05, 4.69) is 25.4 Å². The number of fused-ring (bicyclic) bond motifs is 1. The number of aromatic hydroxyl groups is 1. The number of allylic oxidation sites excluding steroid dienone is 4. The molecule has 5 rings (SSSR count). The van der Waals surface area contributed by atoms with E-state index in [9.17, 15) is 37.5 Å². The number of amides is 2. The van der Waals surface area contributed by atoms with Gasteiger partial charge in [-0.05, 0) is 37.5 Å². The summed E-state index contributed by atoms with van der Waals surface area (Å²) in [4.78, 5) is 69.1. The molecule has 51 heavy (non-hydrogen) atoms. The van der Waals surface area contributed by atoms with Gasteiger partial charge < -0.3 is 34.4 Å². The minimum absolute atomic E-state index is 0.0463. The molecule has 19 heteroatoms. The first-order valence-electron chi connectivity index (χ1n) is 16.0. The van der Waals surface area contributed by atoms with E-state index in [1.165, 1.54) is 29.9 Å². The summed E-state index contributed by atoms with van der Waals surface area (Å²) >= 11 is 0. The van der Waals surface area contributed by atoms with Crippen LogP contribution in [0.1, 0.15) is 41.0 Å². The van der Waals surface area contributed by atoms with Crippen LogP contribution in [-0.2, 0) is 27.3 Å². The Balaban J connectivity index is 1.51. The van der Waals surface area contributed by atoms with Gasteiger partial charge in [0.1, 0.15) is 24.3 Å². The Kier molecular flexibility index (Phi) is 10.9. The molecule has 16 nitrogen and oxygen atoms in total. The molecule has 2 amide bonds. The van der Waals surface area contributed by atoms with Crippen LogP contribution in [0.4, 0.5) is 18.9 Å². The molecule has 5 heterocycles. The molecule has 1 saturated heterocycles. The summed E-state index contributed by atoms with van der Waals surface area (Å²) in [5.41, 5.74) is -0.459. The Hall–Kier alpha value is -5.59. The fourth-order valence-electron chi connectivity index (χ4n) is 5.82. The normalized spacial score (nSPS) is 15.9. The Bertz CT molecular complexity index is 1990. The molecule has 2 aliphatic rings. The number of carbonyl (C=O) groups excluding carboxylic acids is 3. The van der Waals surface area contributed by atoms with E-state index in [1.54, 1.807) is 24.8 Å². The Morgan fingerprint density at radius 3 is 2.47 bits per heavy atom. The van der Waals surface area contributed by atoms with Crippen molar-refractivity contribution in [2.24, 2.45) is 0 Å². The molecule has 0 atom stereocenters. The summed E-state index contributed by atoms with van der Waals surface area (Å²) < 4.78 is 48.3. The standard InChI is InChI=1S/C32H37F3N10O6/c1-5-22-26(42-10-12-43(13-11-42)29(49)25-27(48)19(2)36-18-37-25)30(50)45-31(39-28(40-45)20-8-14-51-15-9-20)44(22)16-24(47)38-21(17-46)6-7-23(41(3)4)32(33,34)35/h6-8,17-18,48H,5,9-16H2,1-4H3,(H,38,47)/b21-6+,23-7-. The zero-order chi connectivity index (χ0) is 37.0. The van der Waals surface area contributed by atoms with Gasteiger partial charge in [-0.1, -0.05) is 13.0 Å². The van der Waals surface area contributed by atoms with Gasteiger partial charge in [-0.15, -0.1) is 5.10 Å². The molecule has 0 bridgehead atoms. The van der Waals surface area contributed by atoms with E-state index >= 15 is 0 Å².